The normalized spacial score (nSPS) is 31.5. The van der Waals surface area contributed by atoms with Crippen molar-refractivity contribution in [3.05, 3.63) is 71.3 Å². The van der Waals surface area contributed by atoms with Gasteiger partial charge >= 0.3 is 0 Å². The van der Waals surface area contributed by atoms with E-state index in [0.29, 0.717) is 60.8 Å². The molecule has 0 bridgehead atoms. The maximum atomic E-state index is 16.9. The Morgan fingerprint density at radius 2 is 1.66 bits per heavy atom. The first-order chi connectivity index (χ1) is 26.4. The van der Waals surface area contributed by atoms with Gasteiger partial charge < -0.3 is 44.5 Å². The van der Waals surface area contributed by atoms with E-state index in [2.05, 4.69) is 10.2 Å². The summed E-state index contributed by atoms with van der Waals surface area (Å²) in [7, 11) is 8.56. The Balaban J connectivity index is 0.000000214. The number of rotatable bonds is 12. The third-order valence-electron chi connectivity index (χ3n) is 12.9. The number of ketones is 2. The summed E-state index contributed by atoms with van der Waals surface area (Å²) in [6.07, 6.45) is 4.44. The zero-order valence-electron chi connectivity index (χ0n) is 33.7. The van der Waals surface area contributed by atoms with Crippen LogP contribution in [0.4, 0.5) is 4.39 Å². The van der Waals surface area contributed by atoms with Crippen LogP contribution in [0.15, 0.2) is 60.2 Å². The number of carbonyl (C=O) groups excluding carboxylic acids is 3. The van der Waals surface area contributed by atoms with Gasteiger partial charge in [-0.05, 0) is 101 Å². The Labute approximate surface area is 328 Å². The van der Waals surface area contributed by atoms with E-state index < -0.39 is 52.4 Å². The lowest BCUT2D eigenvalue weighted by atomic mass is 9.44. The van der Waals surface area contributed by atoms with Crippen molar-refractivity contribution < 1.29 is 53.0 Å². The van der Waals surface area contributed by atoms with Gasteiger partial charge in [-0.1, -0.05) is 37.6 Å². The van der Waals surface area contributed by atoms with Crippen molar-refractivity contribution in [2.45, 2.75) is 70.4 Å². The second kappa shape index (κ2) is 16.7. The molecule has 4 aliphatic carbocycles. The maximum absolute atomic E-state index is 16.9. The molecule has 1 amide bonds. The van der Waals surface area contributed by atoms with E-state index in [1.165, 1.54) is 33.5 Å². The van der Waals surface area contributed by atoms with Crippen LogP contribution in [0.3, 0.4) is 0 Å². The van der Waals surface area contributed by atoms with Gasteiger partial charge in [-0.3, -0.25) is 14.4 Å². The highest BCUT2D eigenvalue weighted by Crippen LogP contribution is 2.70. The molecule has 0 aliphatic heterocycles. The zero-order chi connectivity index (χ0) is 41.2. The van der Waals surface area contributed by atoms with Gasteiger partial charge in [-0.25, -0.2) is 4.39 Å². The summed E-state index contributed by atoms with van der Waals surface area (Å²) in [5.41, 5.74) is -3.77. The first-order valence-electron chi connectivity index (χ1n) is 19.1. The predicted octanol–water partition coefficient (Wildman–Crippen LogP) is 4.48. The van der Waals surface area contributed by atoms with Crippen molar-refractivity contribution in [1.82, 2.24) is 10.2 Å². The van der Waals surface area contributed by atoms with Crippen LogP contribution in [-0.2, 0) is 16.1 Å². The van der Waals surface area contributed by atoms with Crippen LogP contribution in [0.25, 0.3) is 0 Å². The minimum atomic E-state index is -1.98. The number of aliphatic hydroxyl groups is 3. The average Bonchev–Trinajstić information content (AvgIpc) is 3.38. The van der Waals surface area contributed by atoms with E-state index in [0.717, 1.165) is 17.9 Å². The predicted molar refractivity (Wildman–Crippen MR) is 208 cm³/mol. The average molecular weight is 781 g/mol. The highest BCUT2D eigenvalue weighted by Gasteiger charge is 2.75. The van der Waals surface area contributed by atoms with Crippen molar-refractivity contribution >= 4 is 17.5 Å². The number of alkyl halides is 1. The number of allylic oxidation sites excluding steroid dienone is 4. The van der Waals surface area contributed by atoms with Gasteiger partial charge in [-0.2, -0.15) is 0 Å². The summed E-state index contributed by atoms with van der Waals surface area (Å²) in [5, 5.41) is 34.9. The lowest BCUT2D eigenvalue weighted by Gasteiger charge is -2.62. The molecule has 306 valence electrons. The fraction of sp³-hybridized carbons (Fsp3) is 0.558. The number of aliphatic hydroxyl groups excluding tert-OH is 2. The van der Waals surface area contributed by atoms with E-state index in [4.69, 9.17) is 18.9 Å². The minimum absolute atomic E-state index is 0.0676. The van der Waals surface area contributed by atoms with Gasteiger partial charge in [-0.15, -0.1) is 0 Å². The number of hydrogen-bond donors (Lipinski definition) is 4. The molecule has 3 fully saturated rings. The molecule has 0 aromatic heterocycles. The second-order valence-corrected chi connectivity index (χ2v) is 16.1. The number of halogens is 1. The number of Topliss-reactive ketones (excluding diaryl/α,β-unsaturated/α-hetero) is 1. The number of amides is 1. The van der Waals surface area contributed by atoms with E-state index in [-0.39, 0.29) is 24.0 Å². The SMILES string of the molecule is COc1cc(C(=O)NCc2ccc(OCCN(C)C)cc2)cc(OC)c1OC.C[C@@H]1C[C@H]2[C@@H]3CCC4=CC(=O)C=C[C@]4(C)[C@@]3(F)[C@@H](O)C[C@]2(C)[C@@]1(O)C(=O)CO. The molecule has 6 rings (SSSR count). The number of methoxy groups -OCH3 is 3. The van der Waals surface area contributed by atoms with Crippen molar-refractivity contribution in [2.75, 3.05) is 55.2 Å². The quantitative estimate of drug-likeness (QED) is 0.240. The summed E-state index contributed by atoms with van der Waals surface area (Å²) in [4.78, 5) is 39.0. The van der Waals surface area contributed by atoms with Crippen LogP contribution >= 0.6 is 0 Å². The number of fused-ring (bicyclic) bond motifs is 5. The smallest absolute Gasteiger partial charge is 0.251 e. The molecule has 0 heterocycles. The number of ether oxygens (including phenoxy) is 4. The van der Waals surface area contributed by atoms with Crippen molar-refractivity contribution in [3.63, 3.8) is 0 Å². The molecule has 4 N–H and O–H groups in total. The molecule has 0 spiro atoms. The molecular formula is C43H57FN2O10. The second-order valence-electron chi connectivity index (χ2n) is 16.1. The van der Waals surface area contributed by atoms with Gasteiger partial charge in [0.25, 0.3) is 5.91 Å². The Morgan fingerprint density at radius 1 is 1.02 bits per heavy atom. The van der Waals surface area contributed by atoms with E-state index in [1.807, 2.05) is 38.4 Å². The highest BCUT2D eigenvalue weighted by atomic mass is 19.1. The number of benzene rings is 2. The molecule has 0 saturated heterocycles. The molecule has 56 heavy (non-hydrogen) atoms. The maximum Gasteiger partial charge on any atom is 0.251 e. The van der Waals surface area contributed by atoms with Crippen LogP contribution in [0.5, 0.6) is 23.0 Å². The molecule has 4 aliphatic rings. The first kappa shape index (κ1) is 42.8. The Hall–Kier alpha value is -4.30. The van der Waals surface area contributed by atoms with Crippen molar-refractivity contribution in [3.8, 4) is 23.0 Å². The minimum Gasteiger partial charge on any atom is -0.493 e. The van der Waals surface area contributed by atoms with E-state index >= 15 is 4.39 Å². The fourth-order valence-corrected chi connectivity index (χ4v) is 9.81. The monoisotopic (exact) mass is 780 g/mol. The summed E-state index contributed by atoms with van der Waals surface area (Å²) >= 11 is 0. The number of hydrogen-bond acceptors (Lipinski definition) is 11. The molecule has 8 atom stereocenters. The molecule has 0 unspecified atom stereocenters. The third kappa shape index (κ3) is 7.34. The fourth-order valence-electron chi connectivity index (χ4n) is 9.81. The van der Waals surface area contributed by atoms with Crippen LogP contribution in [-0.4, -0.2) is 110 Å². The first-order valence-corrected chi connectivity index (χ1v) is 19.1. The van der Waals surface area contributed by atoms with Gasteiger partial charge in [0.05, 0.1) is 27.4 Å². The van der Waals surface area contributed by atoms with Gasteiger partial charge in [0, 0.05) is 35.4 Å². The topological polar surface area (TPSA) is 164 Å². The van der Waals surface area contributed by atoms with E-state index in [1.54, 1.807) is 39.0 Å². The molecule has 2 aromatic rings. The van der Waals surface area contributed by atoms with E-state index in [9.17, 15) is 29.7 Å². The summed E-state index contributed by atoms with van der Waals surface area (Å²) in [5.74, 6) is -0.220. The molecule has 3 saturated carbocycles. The largest absolute Gasteiger partial charge is 0.493 e. The highest BCUT2D eigenvalue weighted by molar-refractivity contribution is 6.01. The Bertz CT molecular complexity index is 1820. The van der Waals surface area contributed by atoms with Gasteiger partial charge in [0.2, 0.25) is 5.75 Å². The Morgan fingerprint density at radius 3 is 2.23 bits per heavy atom. The standard InChI is InChI=1S/C22H29FO5.C21H28N2O5/c1-12-8-16-15-5-4-13-9-14(25)6-7-19(13,2)21(15,23)17(26)10-20(16,3)22(12,28)18(27)11-24;1-23(2)10-11-28-17-8-6-15(7-9-17)14-22-21(24)16-12-18(25-3)20(27-5)19(13-16)26-4/h6-7,9,12,15-17,24,26,28H,4-5,8,10-11H2,1-3H3;6-9,12-13H,10-11,14H2,1-5H3,(H,22,24)/t12-,15+,16+,17+,19+,20+,21+,22+;/m1./s1. The van der Waals surface area contributed by atoms with Gasteiger partial charge in [0.15, 0.2) is 28.7 Å². The third-order valence-corrected chi connectivity index (χ3v) is 12.9. The van der Waals surface area contributed by atoms with Crippen LogP contribution in [0, 0.1) is 28.6 Å². The molecular weight excluding hydrogens is 723 g/mol. The lowest BCUT2D eigenvalue weighted by Crippen LogP contribution is -2.69. The number of carbonyl (C=O) groups is 3. The van der Waals surface area contributed by atoms with Gasteiger partial charge in [0.1, 0.15) is 24.6 Å². The van der Waals surface area contributed by atoms with Crippen LogP contribution in [0.2, 0.25) is 0 Å². The van der Waals surface area contributed by atoms with Crippen molar-refractivity contribution in [1.29, 1.82) is 0 Å². The Kier molecular flexibility index (Phi) is 12.7. The summed E-state index contributed by atoms with van der Waals surface area (Å²) < 4.78 is 38.4. The van der Waals surface area contributed by atoms with Crippen LogP contribution < -0.4 is 24.3 Å². The lowest BCUT2D eigenvalue weighted by molar-refractivity contribution is -0.219. The summed E-state index contributed by atoms with van der Waals surface area (Å²) in [6, 6.07) is 10.9. The zero-order valence-corrected chi connectivity index (χ0v) is 33.7. The number of nitrogens with zero attached hydrogens (tertiary/aromatic N) is 1. The number of likely N-dealkylation sites (N-methyl/N-ethyl adjacent to an activating group) is 1. The summed E-state index contributed by atoms with van der Waals surface area (Å²) in [6.45, 7) is 6.36. The molecule has 0 radical (unpaired) electrons. The molecule has 13 heteroatoms. The number of nitrogens with one attached hydrogen (secondary N) is 1. The van der Waals surface area contributed by atoms with Crippen LogP contribution in [0.1, 0.15) is 62.4 Å². The molecule has 2 aromatic carbocycles. The molecule has 12 nitrogen and oxygen atoms in total. The van der Waals surface area contributed by atoms with Crippen molar-refractivity contribution in [2.24, 2.45) is 28.6 Å².